The maximum Gasteiger partial charge on any atom is 0.294 e. The van der Waals surface area contributed by atoms with Crippen molar-refractivity contribution in [2.45, 2.75) is 19.5 Å². The molecule has 3 rings (SSSR count). The average Bonchev–Trinajstić information content (AvgIpc) is 2.63. The Morgan fingerprint density at radius 3 is 2.71 bits per heavy atom. The summed E-state index contributed by atoms with van der Waals surface area (Å²) in [6.07, 6.45) is 4.31. The number of halogens is 3. The minimum absolute atomic E-state index is 0.0393. The summed E-state index contributed by atoms with van der Waals surface area (Å²) in [6, 6.07) is 9.66. The van der Waals surface area contributed by atoms with Crippen molar-refractivity contribution in [1.82, 2.24) is 15.0 Å². The highest BCUT2D eigenvalue weighted by atomic mass is 35.5. The molecule has 5 nitrogen and oxygen atoms in total. The lowest BCUT2D eigenvalue weighted by atomic mass is 10.0. The van der Waals surface area contributed by atoms with Gasteiger partial charge < -0.3 is 9.72 Å². The summed E-state index contributed by atoms with van der Waals surface area (Å²) in [5.41, 5.74) is -2.72. The third kappa shape index (κ3) is 4.24. The summed E-state index contributed by atoms with van der Waals surface area (Å²) >= 11 is 12.1. The monoisotopic (exact) mass is 419 g/mol. The van der Waals surface area contributed by atoms with E-state index in [2.05, 4.69) is 15.0 Å². The number of aromatic nitrogens is 3. The van der Waals surface area contributed by atoms with Gasteiger partial charge in [0.15, 0.2) is 11.5 Å². The summed E-state index contributed by atoms with van der Waals surface area (Å²) in [7, 11) is 0. The van der Waals surface area contributed by atoms with Crippen molar-refractivity contribution in [1.29, 1.82) is 0 Å². The molecule has 0 saturated heterocycles. The molecule has 0 spiro atoms. The lowest BCUT2D eigenvalue weighted by molar-refractivity contribution is 0.247. The quantitative estimate of drug-likeness (QED) is 0.539. The van der Waals surface area contributed by atoms with Gasteiger partial charge in [0.25, 0.3) is 5.56 Å². The van der Waals surface area contributed by atoms with Gasteiger partial charge in [-0.05, 0) is 50.3 Å². The van der Waals surface area contributed by atoms with Gasteiger partial charge in [0.2, 0.25) is 5.75 Å². The Balaban J connectivity index is 2.21. The van der Waals surface area contributed by atoms with Crippen molar-refractivity contribution < 1.29 is 9.13 Å². The van der Waals surface area contributed by atoms with Gasteiger partial charge in [-0.3, -0.25) is 9.78 Å². The molecule has 0 bridgehead atoms. The third-order valence-electron chi connectivity index (χ3n) is 3.82. The van der Waals surface area contributed by atoms with E-state index in [1.807, 2.05) is 0 Å². The fraction of sp³-hybridized carbons (Fsp3) is 0.150. The van der Waals surface area contributed by atoms with Gasteiger partial charge in [-0.1, -0.05) is 35.3 Å². The number of nitrogens with zero attached hydrogens (tertiary/aromatic N) is 2. The summed E-state index contributed by atoms with van der Waals surface area (Å²) in [5, 5.41) is 0.684. The van der Waals surface area contributed by atoms with Crippen molar-refractivity contribution in [2.24, 2.45) is 0 Å². The van der Waals surface area contributed by atoms with Crippen molar-refractivity contribution in [2.75, 3.05) is 0 Å². The van der Waals surface area contributed by atoms with Crippen LogP contribution in [-0.2, 0) is 5.67 Å². The SMILES string of the molecule is CC=CC(C)(F)c1nc(-c2ncccc2Cl)[nH]c(=O)c1Oc1cccc(Cl)c1. The third-order valence-corrected chi connectivity index (χ3v) is 4.36. The molecule has 28 heavy (non-hydrogen) atoms. The van der Waals surface area contributed by atoms with Crippen molar-refractivity contribution >= 4 is 23.2 Å². The molecule has 0 amide bonds. The standard InChI is InChI=1S/C20H16Cl2FN3O2/c1-3-9-20(2,23)17-16(28-13-7-4-6-12(21)11-13)19(27)26-18(25-17)15-14(22)8-5-10-24-15/h3-11H,1-2H3,(H,25,26,27). The average molecular weight is 420 g/mol. The molecule has 2 heterocycles. The summed E-state index contributed by atoms with van der Waals surface area (Å²) in [6.45, 7) is 2.95. The molecule has 8 heteroatoms. The number of nitrogens with one attached hydrogen (secondary N) is 1. The number of rotatable bonds is 5. The number of ether oxygens (including phenoxy) is 1. The van der Waals surface area contributed by atoms with Gasteiger partial charge >= 0.3 is 0 Å². The molecule has 144 valence electrons. The Kier molecular flexibility index (Phi) is 5.82. The first-order chi connectivity index (χ1) is 13.3. The number of allylic oxidation sites excluding steroid dienone is 2. The van der Waals surface area contributed by atoms with Crippen LogP contribution in [0.4, 0.5) is 4.39 Å². The van der Waals surface area contributed by atoms with Crippen molar-refractivity contribution in [3.05, 3.63) is 80.8 Å². The van der Waals surface area contributed by atoms with Crippen LogP contribution in [0.25, 0.3) is 11.5 Å². The highest BCUT2D eigenvalue weighted by Gasteiger charge is 2.32. The smallest absolute Gasteiger partial charge is 0.294 e. The number of benzene rings is 1. The number of pyridine rings is 1. The van der Waals surface area contributed by atoms with Crippen LogP contribution < -0.4 is 10.3 Å². The lowest BCUT2D eigenvalue weighted by Crippen LogP contribution is -2.23. The molecule has 2 aromatic heterocycles. The first-order valence-electron chi connectivity index (χ1n) is 8.33. The molecule has 0 saturated carbocycles. The highest BCUT2D eigenvalue weighted by molar-refractivity contribution is 6.32. The van der Waals surface area contributed by atoms with Crippen LogP contribution in [-0.4, -0.2) is 15.0 Å². The van der Waals surface area contributed by atoms with E-state index in [0.717, 1.165) is 0 Å². The molecule has 3 aromatic rings. The highest BCUT2D eigenvalue weighted by Crippen LogP contribution is 2.35. The molecule has 1 N–H and O–H groups in total. The first-order valence-corrected chi connectivity index (χ1v) is 9.09. The van der Waals surface area contributed by atoms with Crippen LogP contribution in [0.2, 0.25) is 10.0 Å². The first kappa shape index (κ1) is 20.0. The fourth-order valence-corrected chi connectivity index (χ4v) is 2.99. The van der Waals surface area contributed by atoms with Crippen molar-refractivity contribution in [3.8, 4) is 23.0 Å². The number of aromatic amines is 1. The summed E-state index contributed by atoms with van der Waals surface area (Å²) in [5.74, 6) is 0.0412. The zero-order valence-electron chi connectivity index (χ0n) is 15.0. The normalized spacial score (nSPS) is 13.5. The second kappa shape index (κ2) is 8.12. The molecular formula is C20H16Cl2FN3O2. The predicted octanol–water partition coefficient (Wildman–Crippen LogP) is 5.69. The Morgan fingerprint density at radius 1 is 1.25 bits per heavy atom. The van der Waals surface area contributed by atoms with Gasteiger partial charge in [0, 0.05) is 11.2 Å². The molecule has 1 unspecified atom stereocenters. The van der Waals surface area contributed by atoms with Gasteiger partial charge in [0.05, 0.1) is 5.02 Å². The van der Waals surface area contributed by atoms with E-state index in [1.54, 1.807) is 37.3 Å². The zero-order chi connectivity index (χ0) is 20.3. The van der Waals surface area contributed by atoms with Gasteiger partial charge in [-0.2, -0.15) is 0 Å². The largest absolute Gasteiger partial charge is 0.449 e. The van der Waals surface area contributed by atoms with Crippen LogP contribution in [0, 0.1) is 0 Å². The van der Waals surface area contributed by atoms with E-state index in [9.17, 15) is 4.79 Å². The minimum Gasteiger partial charge on any atom is -0.449 e. The summed E-state index contributed by atoms with van der Waals surface area (Å²) in [4.78, 5) is 23.7. The lowest BCUT2D eigenvalue weighted by Gasteiger charge is -2.19. The predicted molar refractivity (Wildman–Crippen MR) is 108 cm³/mol. The molecule has 0 fully saturated rings. The molecule has 1 aromatic carbocycles. The fourth-order valence-electron chi connectivity index (χ4n) is 2.60. The summed E-state index contributed by atoms with van der Waals surface area (Å²) < 4.78 is 21.0. The van der Waals surface area contributed by atoms with E-state index >= 15 is 4.39 Å². The second-order valence-electron chi connectivity index (χ2n) is 6.06. The maximum absolute atomic E-state index is 15.4. The molecule has 0 aliphatic carbocycles. The van der Waals surface area contributed by atoms with E-state index < -0.39 is 11.2 Å². The number of H-pyrrole nitrogens is 1. The van der Waals surface area contributed by atoms with E-state index in [1.165, 1.54) is 31.3 Å². The van der Waals surface area contributed by atoms with Crippen LogP contribution >= 0.6 is 23.2 Å². The van der Waals surface area contributed by atoms with Crippen LogP contribution in [0.3, 0.4) is 0 Å². The molecular weight excluding hydrogens is 404 g/mol. The van der Waals surface area contributed by atoms with Gasteiger partial charge in [0.1, 0.15) is 17.1 Å². The Hall–Kier alpha value is -2.70. The molecule has 1 atom stereocenters. The van der Waals surface area contributed by atoms with Crippen LogP contribution in [0.5, 0.6) is 11.5 Å². The van der Waals surface area contributed by atoms with E-state index in [0.29, 0.717) is 5.02 Å². The van der Waals surface area contributed by atoms with E-state index in [-0.39, 0.29) is 33.7 Å². The Bertz CT molecular complexity index is 1100. The zero-order valence-corrected chi connectivity index (χ0v) is 16.6. The topological polar surface area (TPSA) is 67.9 Å². The number of hydrogen-bond donors (Lipinski definition) is 1. The Morgan fingerprint density at radius 2 is 2.04 bits per heavy atom. The van der Waals surface area contributed by atoms with Crippen LogP contribution in [0.15, 0.2) is 59.5 Å². The van der Waals surface area contributed by atoms with Crippen molar-refractivity contribution in [3.63, 3.8) is 0 Å². The molecule has 0 aliphatic rings. The number of hydrogen-bond acceptors (Lipinski definition) is 4. The second-order valence-corrected chi connectivity index (χ2v) is 6.90. The van der Waals surface area contributed by atoms with Gasteiger partial charge in [-0.15, -0.1) is 0 Å². The van der Waals surface area contributed by atoms with E-state index in [4.69, 9.17) is 27.9 Å². The molecule has 0 aliphatic heterocycles. The molecule has 0 radical (unpaired) electrons. The number of alkyl halides is 1. The Labute approximate surface area is 170 Å². The minimum atomic E-state index is -2.08. The maximum atomic E-state index is 15.4. The van der Waals surface area contributed by atoms with Crippen LogP contribution in [0.1, 0.15) is 19.5 Å². The van der Waals surface area contributed by atoms with Gasteiger partial charge in [-0.25, -0.2) is 9.37 Å².